The number of hydrogen-bond donors (Lipinski definition) is 1. The number of aromatic nitrogens is 2. The van der Waals surface area contributed by atoms with Crippen molar-refractivity contribution in [3.8, 4) is 17.0 Å². The van der Waals surface area contributed by atoms with Crippen LogP contribution in [0.4, 0.5) is 5.69 Å². The molecule has 2 heterocycles. The van der Waals surface area contributed by atoms with Gasteiger partial charge >= 0.3 is 29.6 Å². The maximum absolute atomic E-state index is 9.81. The van der Waals surface area contributed by atoms with Gasteiger partial charge in [0.05, 0.1) is 0 Å². The number of aliphatic imine (C=N–C) groups is 1. The molecule has 1 aromatic carbocycles. The minimum Gasteiger partial charge on any atom is -0.507 e. The Kier molecular flexibility index (Phi) is 10.4. The number of benzene rings is 1. The Morgan fingerprint density at radius 3 is 2.54 bits per heavy atom. The number of aromatic hydroxyl groups is 1. The van der Waals surface area contributed by atoms with E-state index in [1.807, 2.05) is 0 Å². The van der Waals surface area contributed by atoms with E-state index in [1.54, 1.807) is 19.1 Å². The Balaban J connectivity index is 0.000000318. The third kappa shape index (κ3) is 6.32. The molecule has 5 nitrogen and oxygen atoms in total. The fourth-order valence-corrected chi connectivity index (χ4v) is 2.92. The molecule has 3 rings (SSSR count). The summed E-state index contributed by atoms with van der Waals surface area (Å²) in [6, 6.07) is 4.76. The molecule has 0 spiro atoms. The number of hydrogen-bond acceptors (Lipinski definition) is 5. The summed E-state index contributed by atoms with van der Waals surface area (Å²) in [7, 11) is 0. The standard InChI is InChI=1S/C12H8ClN3O.C7H15N.Na/c1-7-10(14-2)6-15-16-12(7)9-4-3-8(13)5-11(9)17;1-2-8-6-4-3-5-7-8;/h2-5,17H,1H3;2-7H2,1H3;/q-2;;+1. The van der Waals surface area contributed by atoms with Gasteiger partial charge in [0.2, 0.25) is 0 Å². The maximum atomic E-state index is 9.81. The van der Waals surface area contributed by atoms with Crippen LogP contribution in [0.1, 0.15) is 31.7 Å². The Labute approximate surface area is 182 Å². The van der Waals surface area contributed by atoms with E-state index in [1.165, 1.54) is 45.0 Å². The second-order valence-electron chi connectivity index (χ2n) is 5.92. The molecule has 1 fully saturated rings. The molecule has 134 valence electrons. The Morgan fingerprint density at radius 1 is 1.31 bits per heavy atom. The largest absolute Gasteiger partial charge is 1.00 e. The monoisotopic (exact) mass is 381 g/mol. The molecule has 0 unspecified atom stereocenters. The van der Waals surface area contributed by atoms with Crippen LogP contribution in [0.2, 0.25) is 5.02 Å². The van der Waals surface area contributed by atoms with Gasteiger partial charge in [-0.2, -0.15) is 18.0 Å². The van der Waals surface area contributed by atoms with Crippen LogP contribution >= 0.6 is 11.6 Å². The molecule has 0 bridgehead atoms. The number of phenolic OH excluding ortho intramolecular Hbond substituents is 1. The summed E-state index contributed by atoms with van der Waals surface area (Å²) >= 11 is 5.76. The van der Waals surface area contributed by atoms with Crippen molar-refractivity contribution in [1.29, 1.82) is 0 Å². The van der Waals surface area contributed by atoms with Crippen LogP contribution in [-0.2, 0) is 0 Å². The fourth-order valence-electron chi connectivity index (χ4n) is 2.76. The van der Waals surface area contributed by atoms with E-state index in [9.17, 15) is 5.11 Å². The molecule has 26 heavy (non-hydrogen) atoms. The number of phenols is 1. The molecule has 1 aliphatic rings. The molecule has 2 aromatic rings. The summed E-state index contributed by atoms with van der Waals surface area (Å²) in [6.45, 7) is 13.2. The zero-order valence-electron chi connectivity index (χ0n) is 15.7. The zero-order chi connectivity index (χ0) is 18.2. The van der Waals surface area contributed by atoms with Crippen LogP contribution in [0.3, 0.4) is 0 Å². The number of nitrogens with zero attached hydrogens (tertiary/aromatic N) is 4. The molecular formula is C19H23ClN4NaO-. The summed E-state index contributed by atoms with van der Waals surface area (Å²) in [5.74, 6) is 0.0315. The van der Waals surface area contributed by atoms with E-state index in [4.69, 9.17) is 18.3 Å². The van der Waals surface area contributed by atoms with Crippen molar-refractivity contribution in [1.82, 2.24) is 15.1 Å². The summed E-state index contributed by atoms with van der Waals surface area (Å²) in [5.41, 5.74) is 2.13. The van der Waals surface area contributed by atoms with Crippen molar-refractivity contribution in [3.63, 3.8) is 0 Å². The molecule has 0 radical (unpaired) electrons. The minimum atomic E-state index is 0. The third-order valence-corrected chi connectivity index (χ3v) is 4.49. The predicted molar refractivity (Wildman–Crippen MR) is 102 cm³/mol. The second kappa shape index (κ2) is 11.7. The van der Waals surface area contributed by atoms with Crippen LogP contribution < -0.4 is 29.6 Å². The topological polar surface area (TPSA) is 61.6 Å². The quantitative estimate of drug-likeness (QED) is 0.495. The van der Waals surface area contributed by atoms with Crippen molar-refractivity contribution in [2.75, 3.05) is 19.6 Å². The second-order valence-corrected chi connectivity index (χ2v) is 6.36. The Bertz CT molecular complexity index is 721. The molecule has 1 saturated heterocycles. The first-order chi connectivity index (χ1) is 12.1. The molecule has 1 aromatic heterocycles. The number of halogens is 1. The van der Waals surface area contributed by atoms with Gasteiger partial charge in [-0.05, 0) is 50.7 Å². The van der Waals surface area contributed by atoms with Gasteiger partial charge in [0.25, 0.3) is 0 Å². The SMILES string of the molecule is CCN1CCCCC1.[CH-]=Nc1[c-]nnc(-c2ccc(Cl)cc2O)c1C.[Na+]. The van der Waals surface area contributed by atoms with Crippen LogP contribution in [0, 0.1) is 13.1 Å². The molecule has 0 aliphatic carbocycles. The van der Waals surface area contributed by atoms with E-state index in [-0.39, 0.29) is 35.3 Å². The van der Waals surface area contributed by atoms with Crippen molar-refractivity contribution in [2.45, 2.75) is 33.1 Å². The van der Waals surface area contributed by atoms with Gasteiger partial charge in [-0.15, -0.1) is 6.92 Å². The van der Waals surface area contributed by atoms with Crippen LogP contribution in [0.5, 0.6) is 5.75 Å². The van der Waals surface area contributed by atoms with Crippen molar-refractivity contribution in [3.05, 3.63) is 35.0 Å². The van der Waals surface area contributed by atoms with Crippen LogP contribution in [-0.4, -0.2) is 46.6 Å². The molecular weight excluding hydrogens is 359 g/mol. The third-order valence-electron chi connectivity index (χ3n) is 4.26. The summed E-state index contributed by atoms with van der Waals surface area (Å²) in [6.07, 6.45) is 6.87. The van der Waals surface area contributed by atoms with E-state index in [0.717, 1.165) is 0 Å². The summed E-state index contributed by atoms with van der Waals surface area (Å²) in [4.78, 5) is 6.06. The van der Waals surface area contributed by atoms with Crippen LogP contribution in [0.25, 0.3) is 11.3 Å². The number of piperidine rings is 1. The molecule has 0 saturated carbocycles. The molecule has 0 atom stereocenters. The predicted octanol–water partition coefficient (Wildman–Crippen LogP) is 1.32. The van der Waals surface area contributed by atoms with E-state index < -0.39 is 0 Å². The van der Waals surface area contributed by atoms with E-state index in [0.29, 0.717) is 27.5 Å². The zero-order valence-corrected chi connectivity index (χ0v) is 18.4. The van der Waals surface area contributed by atoms with Crippen molar-refractivity contribution >= 4 is 24.0 Å². The van der Waals surface area contributed by atoms with Gasteiger partial charge in [-0.3, -0.25) is 5.10 Å². The maximum Gasteiger partial charge on any atom is 1.00 e. The minimum absolute atomic E-state index is 0. The molecule has 7 heteroatoms. The van der Waals surface area contributed by atoms with Gasteiger partial charge in [0, 0.05) is 16.3 Å². The first-order valence-corrected chi connectivity index (χ1v) is 8.81. The van der Waals surface area contributed by atoms with Crippen LogP contribution in [0.15, 0.2) is 23.2 Å². The van der Waals surface area contributed by atoms with Gasteiger partial charge in [0.1, 0.15) is 5.75 Å². The fraction of sp³-hybridized carbons (Fsp3) is 0.421. The summed E-state index contributed by atoms with van der Waals surface area (Å²) in [5, 5.41) is 17.8. The normalized spacial score (nSPS) is 14.0. The first-order valence-electron chi connectivity index (χ1n) is 8.44. The van der Waals surface area contributed by atoms with Gasteiger partial charge in [-0.1, -0.05) is 24.9 Å². The van der Waals surface area contributed by atoms with Gasteiger partial charge in [0.15, 0.2) is 0 Å². The Morgan fingerprint density at radius 2 is 2.00 bits per heavy atom. The number of likely N-dealkylation sites (tertiary alicyclic amines) is 1. The first kappa shape index (κ1) is 23.1. The molecule has 1 aliphatic heterocycles. The van der Waals surface area contributed by atoms with E-state index >= 15 is 0 Å². The average molecular weight is 382 g/mol. The molecule has 0 amide bonds. The summed E-state index contributed by atoms with van der Waals surface area (Å²) < 4.78 is 0. The van der Waals surface area contributed by atoms with Gasteiger partial charge < -0.3 is 15.0 Å². The van der Waals surface area contributed by atoms with Gasteiger partial charge in [-0.25, -0.2) is 11.3 Å². The average Bonchev–Trinajstić information content (AvgIpc) is 2.64. The van der Waals surface area contributed by atoms with Crippen molar-refractivity contribution < 1.29 is 34.7 Å². The van der Waals surface area contributed by atoms with E-state index in [2.05, 4.69) is 33.2 Å². The molecule has 1 N–H and O–H groups in total. The van der Waals surface area contributed by atoms with Crippen molar-refractivity contribution in [2.24, 2.45) is 4.99 Å². The number of rotatable bonds is 3. The Hall–Kier alpha value is -0.980. The smallest absolute Gasteiger partial charge is 0.507 e.